The lowest BCUT2D eigenvalue weighted by Crippen LogP contribution is -2.41. The van der Waals surface area contributed by atoms with E-state index in [0.29, 0.717) is 30.2 Å². The van der Waals surface area contributed by atoms with Crippen LogP contribution in [-0.4, -0.2) is 35.7 Å². The Morgan fingerprint density at radius 3 is 2.88 bits per heavy atom. The van der Waals surface area contributed by atoms with Gasteiger partial charge in [-0.2, -0.15) is 0 Å². The molecular weight excluding hydrogens is 310 g/mol. The molecule has 0 saturated carbocycles. The Hall–Kier alpha value is -2.54. The van der Waals surface area contributed by atoms with Gasteiger partial charge in [0.15, 0.2) is 11.5 Å². The molecule has 2 aromatic rings. The number of carbonyl (C=O) groups is 1. The molecule has 4 rings (SSSR count). The summed E-state index contributed by atoms with van der Waals surface area (Å²) in [5, 5.41) is 0.900. The number of hydrogen-bond acceptors (Lipinski definition) is 5. The number of carbonyl (C=O) groups excluding carboxylic acids is 1. The van der Waals surface area contributed by atoms with Crippen LogP contribution < -0.4 is 20.8 Å². The zero-order chi connectivity index (χ0) is 16.7. The monoisotopic (exact) mass is 329 g/mol. The zero-order valence-corrected chi connectivity index (χ0v) is 13.2. The fourth-order valence-corrected chi connectivity index (χ4v) is 3.43. The third-order valence-corrected chi connectivity index (χ3v) is 4.72. The second kappa shape index (κ2) is 5.83. The Kier molecular flexibility index (Phi) is 3.65. The highest BCUT2D eigenvalue weighted by Crippen LogP contribution is 2.35. The molecule has 0 radical (unpaired) electrons. The van der Waals surface area contributed by atoms with Gasteiger partial charge < -0.3 is 20.2 Å². The maximum atomic E-state index is 12.4. The molecule has 0 bridgehead atoms. The summed E-state index contributed by atoms with van der Waals surface area (Å²) in [5.74, 6) is 0.936. The van der Waals surface area contributed by atoms with Gasteiger partial charge in [0.05, 0.1) is 11.4 Å². The lowest BCUT2D eigenvalue weighted by molar-refractivity contribution is -0.123. The molecule has 1 amide bonds. The van der Waals surface area contributed by atoms with Crippen molar-refractivity contribution in [1.29, 1.82) is 0 Å². The standard InChI is InChI=1S/C17H19N3O4/c18-16(21)10-2-1-3-20(7-10)8-12-4-11-5-14-15(24-9-23-14)6-13(11)19-17(12)22/h4-6,10H,1-3,7-9H2,(H2,18,21)(H,19,22). The third kappa shape index (κ3) is 2.71. The van der Waals surface area contributed by atoms with Gasteiger partial charge in [0.1, 0.15) is 0 Å². The van der Waals surface area contributed by atoms with Crippen molar-refractivity contribution < 1.29 is 14.3 Å². The summed E-state index contributed by atoms with van der Waals surface area (Å²) in [7, 11) is 0. The molecule has 1 aromatic heterocycles. The van der Waals surface area contributed by atoms with Crippen molar-refractivity contribution >= 4 is 16.8 Å². The Bertz CT molecular complexity index is 861. The first-order chi connectivity index (χ1) is 11.6. The first-order valence-electron chi connectivity index (χ1n) is 8.07. The van der Waals surface area contributed by atoms with E-state index in [-0.39, 0.29) is 24.2 Å². The number of ether oxygens (including phenoxy) is 2. The lowest BCUT2D eigenvalue weighted by atomic mass is 9.97. The number of H-pyrrole nitrogens is 1. The minimum absolute atomic E-state index is 0.123. The van der Waals surface area contributed by atoms with Crippen molar-refractivity contribution in [3.63, 3.8) is 0 Å². The number of nitrogens with two attached hydrogens (primary N) is 1. The molecule has 1 unspecified atom stereocenters. The van der Waals surface area contributed by atoms with Gasteiger partial charge in [0.25, 0.3) is 5.56 Å². The molecule has 1 saturated heterocycles. The van der Waals surface area contributed by atoms with Crippen LogP contribution >= 0.6 is 0 Å². The number of nitrogens with zero attached hydrogens (tertiary/aromatic N) is 1. The van der Waals surface area contributed by atoms with Crippen molar-refractivity contribution in [1.82, 2.24) is 9.88 Å². The summed E-state index contributed by atoms with van der Waals surface area (Å²) in [6.07, 6.45) is 1.74. The molecule has 3 N–H and O–H groups in total. The van der Waals surface area contributed by atoms with Crippen molar-refractivity contribution in [3.05, 3.63) is 34.1 Å². The maximum absolute atomic E-state index is 12.4. The first kappa shape index (κ1) is 15.0. The Balaban J connectivity index is 1.62. The molecule has 7 heteroatoms. The molecule has 126 valence electrons. The number of primary amides is 1. The molecule has 2 aliphatic rings. The Labute approximate surface area is 138 Å². The number of rotatable bonds is 3. The summed E-state index contributed by atoms with van der Waals surface area (Å²) in [4.78, 5) is 28.8. The summed E-state index contributed by atoms with van der Waals surface area (Å²) in [5.41, 5.74) is 6.69. The highest BCUT2D eigenvalue weighted by Gasteiger charge is 2.24. The van der Waals surface area contributed by atoms with Crippen LogP contribution in [0.25, 0.3) is 10.9 Å². The van der Waals surface area contributed by atoms with Gasteiger partial charge >= 0.3 is 0 Å². The third-order valence-electron chi connectivity index (χ3n) is 4.72. The van der Waals surface area contributed by atoms with Gasteiger partial charge in [-0.25, -0.2) is 0 Å². The van der Waals surface area contributed by atoms with E-state index in [9.17, 15) is 9.59 Å². The van der Waals surface area contributed by atoms with Crippen LogP contribution in [0.5, 0.6) is 11.5 Å². The molecule has 1 atom stereocenters. The summed E-state index contributed by atoms with van der Waals surface area (Å²) in [6, 6.07) is 5.54. The quantitative estimate of drug-likeness (QED) is 0.874. The van der Waals surface area contributed by atoms with Crippen LogP contribution in [0.15, 0.2) is 23.0 Å². The minimum atomic E-state index is -0.264. The summed E-state index contributed by atoms with van der Waals surface area (Å²) in [6.45, 7) is 2.17. The van der Waals surface area contributed by atoms with Crippen molar-refractivity contribution in [3.8, 4) is 11.5 Å². The van der Waals surface area contributed by atoms with E-state index in [4.69, 9.17) is 15.2 Å². The van der Waals surface area contributed by atoms with E-state index < -0.39 is 0 Å². The first-order valence-corrected chi connectivity index (χ1v) is 8.07. The fourth-order valence-electron chi connectivity index (χ4n) is 3.43. The number of nitrogens with one attached hydrogen (secondary N) is 1. The number of pyridine rings is 1. The molecule has 1 aromatic carbocycles. The van der Waals surface area contributed by atoms with Crippen molar-refractivity contribution in [2.24, 2.45) is 11.7 Å². The smallest absolute Gasteiger partial charge is 0.252 e. The van der Waals surface area contributed by atoms with Crippen LogP contribution in [0.2, 0.25) is 0 Å². The second-order valence-electron chi connectivity index (χ2n) is 6.39. The van der Waals surface area contributed by atoms with E-state index >= 15 is 0 Å². The largest absolute Gasteiger partial charge is 0.454 e. The number of piperidine rings is 1. The molecule has 0 aliphatic carbocycles. The molecule has 0 spiro atoms. The molecule has 2 aliphatic heterocycles. The summed E-state index contributed by atoms with van der Waals surface area (Å²) < 4.78 is 10.7. The van der Waals surface area contributed by atoms with Gasteiger partial charge in [-0.3, -0.25) is 14.5 Å². The van der Waals surface area contributed by atoms with Crippen LogP contribution in [0.3, 0.4) is 0 Å². The van der Waals surface area contributed by atoms with Crippen LogP contribution in [0, 0.1) is 5.92 Å². The Morgan fingerprint density at radius 2 is 2.08 bits per heavy atom. The van der Waals surface area contributed by atoms with Gasteiger partial charge in [-0.1, -0.05) is 0 Å². The summed E-state index contributed by atoms with van der Waals surface area (Å²) >= 11 is 0. The van der Waals surface area contributed by atoms with E-state index in [0.717, 1.165) is 30.3 Å². The average Bonchev–Trinajstić information content (AvgIpc) is 3.01. The van der Waals surface area contributed by atoms with E-state index in [1.54, 1.807) is 6.07 Å². The molecular formula is C17H19N3O4. The predicted molar refractivity (Wildman–Crippen MR) is 87.9 cm³/mol. The number of amides is 1. The number of aromatic nitrogens is 1. The SMILES string of the molecule is NC(=O)C1CCCN(Cc2cc3cc4c(cc3[nH]c2=O)OCO4)C1. The highest BCUT2D eigenvalue weighted by atomic mass is 16.7. The average molecular weight is 329 g/mol. The zero-order valence-electron chi connectivity index (χ0n) is 13.2. The van der Waals surface area contributed by atoms with Crippen LogP contribution in [-0.2, 0) is 11.3 Å². The Morgan fingerprint density at radius 1 is 1.29 bits per heavy atom. The van der Waals surface area contributed by atoms with Gasteiger partial charge in [-0.05, 0) is 31.5 Å². The second-order valence-corrected chi connectivity index (χ2v) is 6.39. The normalized spacial score (nSPS) is 20.4. The topological polar surface area (TPSA) is 97.7 Å². The van der Waals surface area contributed by atoms with Gasteiger partial charge in [0, 0.05) is 30.1 Å². The molecule has 1 fully saturated rings. The van der Waals surface area contributed by atoms with E-state index in [2.05, 4.69) is 9.88 Å². The predicted octanol–water partition coefficient (Wildman–Crippen LogP) is 0.954. The molecule has 3 heterocycles. The van der Waals surface area contributed by atoms with Gasteiger partial charge in [0.2, 0.25) is 12.7 Å². The van der Waals surface area contributed by atoms with E-state index in [1.807, 2.05) is 12.1 Å². The number of benzene rings is 1. The number of likely N-dealkylation sites (tertiary alicyclic amines) is 1. The van der Waals surface area contributed by atoms with E-state index in [1.165, 1.54) is 0 Å². The lowest BCUT2D eigenvalue weighted by Gasteiger charge is -2.30. The molecule has 24 heavy (non-hydrogen) atoms. The highest BCUT2D eigenvalue weighted by molar-refractivity contribution is 5.83. The number of fused-ring (bicyclic) bond motifs is 2. The van der Waals surface area contributed by atoms with Crippen molar-refractivity contribution in [2.75, 3.05) is 19.9 Å². The fraction of sp³-hybridized carbons (Fsp3) is 0.412. The number of aromatic amines is 1. The van der Waals surface area contributed by atoms with Crippen LogP contribution in [0.4, 0.5) is 0 Å². The minimum Gasteiger partial charge on any atom is -0.454 e. The van der Waals surface area contributed by atoms with Crippen LogP contribution in [0.1, 0.15) is 18.4 Å². The number of hydrogen-bond donors (Lipinski definition) is 2. The van der Waals surface area contributed by atoms with Crippen molar-refractivity contribution in [2.45, 2.75) is 19.4 Å². The maximum Gasteiger partial charge on any atom is 0.252 e. The molecule has 7 nitrogen and oxygen atoms in total. The van der Waals surface area contributed by atoms with Gasteiger partial charge in [-0.15, -0.1) is 0 Å².